The zero-order valence-electron chi connectivity index (χ0n) is 11.9. The predicted molar refractivity (Wildman–Crippen MR) is 80.6 cm³/mol. The van der Waals surface area contributed by atoms with Crippen LogP contribution in [-0.4, -0.2) is 19.6 Å². The maximum absolute atomic E-state index is 10.2. The average molecular weight is 269 g/mol. The molecule has 0 radical (unpaired) electrons. The largest absolute Gasteiger partial charge is 0.374 e. The lowest BCUT2D eigenvalue weighted by atomic mass is 10.2. The number of hydrogen-bond acceptors (Lipinski definition) is 3. The standard InChI is InChI=1S/C16H19N3O/c1-3-4-9-15-18-14-10-17-13-8-6-5-7-12(13)16(14)19(15)11(2)20/h5-8,10-11,20H,3-4,9H2,1-2H3. The SMILES string of the molecule is CCCCc1nc2cnc3ccccc3c2n1C(C)O. The van der Waals surface area contributed by atoms with E-state index in [0.29, 0.717) is 0 Å². The molecule has 104 valence electrons. The van der Waals surface area contributed by atoms with Crippen molar-refractivity contribution in [3.05, 3.63) is 36.3 Å². The monoisotopic (exact) mass is 269 g/mol. The van der Waals surface area contributed by atoms with E-state index in [2.05, 4.69) is 16.9 Å². The Balaban J connectivity index is 2.32. The summed E-state index contributed by atoms with van der Waals surface area (Å²) in [4.78, 5) is 9.11. The van der Waals surface area contributed by atoms with Gasteiger partial charge in [-0.1, -0.05) is 31.5 Å². The van der Waals surface area contributed by atoms with E-state index in [4.69, 9.17) is 0 Å². The van der Waals surface area contributed by atoms with Gasteiger partial charge in [-0.25, -0.2) is 4.98 Å². The van der Waals surface area contributed by atoms with Gasteiger partial charge in [0.1, 0.15) is 17.6 Å². The lowest BCUT2D eigenvalue weighted by Crippen LogP contribution is -2.08. The molecule has 4 nitrogen and oxygen atoms in total. The number of nitrogens with zero attached hydrogens (tertiary/aromatic N) is 3. The van der Waals surface area contributed by atoms with Crippen LogP contribution in [0.4, 0.5) is 0 Å². The molecule has 0 saturated carbocycles. The smallest absolute Gasteiger partial charge is 0.129 e. The van der Waals surface area contributed by atoms with Gasteiger partial charge >= 0.3 is 0 Å². The van der Waals surface area contributed by atoms with Crippen LogP contribution in [0.3, 0.4) is 0 Å². The van der Waals surface area contributed by atoms with E-state index in [9.17, 15) is 5.11 Å². The van der Waals surface area contributed by atoms with E-state index in [1.54, 1.807) is 13.1 Å². The second-order valence-electron chi connectivity index (χ2n) is 5.14. The highest BCUT2D eigenvalue weighted by Gasteiger charge is 2.16. The van der Waals surface area contributed by atoms with Gasteiger partial charge in [0.25, 0.3) is 0 Å². The maximum atomic E-state index is 10.2. The fourth-order valence-corrected chi connectivity index (χ4v) is 2.69. The Morgan fingerprint density at radius 2 is 2.05 bits per heavy atom. The maximum Gasteiger partial charge on any atom is 0.129 e. The topological polar surface area (TPSA) is 50.9 Å². The average Bonchev–Trinajstić information content (AvgIpc) is 2.84. The van der Waals surface area contributed by atoms with Crippen LogP contribution in [0.5, 0.6) is 0 Å². The number of unbranched alkanes of at least 4 members (excludes halogenated alkanes) is 1. The van der Waals surface area contributed by atoms with Crippen molar-refractivity contribution in [1.29, 1.82) is 0 Å². The summed E-state index contributed by atoms with van der Waals surface area (Å²) < 4.78 is 1.94. The van der Waals surface area contributed by atoms with Crippen molar-refractivity contribution < 1.29 is 5.11 Å². The molecule has 1 aromatic carbocycles. The first kappa shape index (κ1) is 13.1. The minimum absolute atomic E-state index is 0.585. The van der Waals surface area contributed by atoms with E-state index in [-0.39, 0.29) is 0 Å². The molecular formula is C16H19N3O. The van der Waals surface area contributed by atoms with Crippen LogP contribution in [0.2, 0.25) is 0 Å². The third kappa shape index (κ3) is 2.06. The molecule has 1 unspecified atom stereocenters. The Hall–Kier alpha value is -1.94. The molecule has 3 rings (SSSR count). The van der Waals surface area contributed by atoms with Gasteiger partial charge < -0.3 is 9.67 Å². The zero-order chi connectivity index (χ0) is 14.1. The van der Waals surface area contributed by atoms with Crippen molar-refractivity contribution in [2.45, 2.75) is 39.3 Å². The van der Waals surface area contributed by atoms with Crippen LogP contribution in [0.25, 0.3) is 21.9 Å². The summed E-state index contributed by atoms with van der Waals surface area (Å²) in [6.45, 7) is 3.94. The highest BCUT2D eigenvalue weighted by Crippen LogP contribution is 2.27. The van der Waals surface area contributed by atoms with E-state index < -0.39 is 6.23 Å². The van der Waals surface area contributed by atoms with E-state index >= 15 is 0 Å². The van der Waals surface area contributed by atoms with Crippen molar-refractivity contribution in [3.8, 4) is 0 Å². The van der Waals surface area contributed by atoms with Gasteiger partial charge in [0.15, 0.2) is 0 Å². The van der Waals surface area contributed by atoms with Gasteiger partial charge in [0, 0.05) is 11.8 Å². The Kier molecular flexibility index (Phi) is 3.40. The van der Waals surface area contributed by atoms with Crippen LogP contribution in [-0.2, 0) is 6.42 Å². The zero-order valence-corrected chi connectivity index (χ0v) is 11.9. The first-order chi connectivity index (χ1) is 9.72. The summed E-state index contributed by atoms with van der Waals surface area (Å²) in [7, 11) is 0. The number of hydrogen-bond donors (Lipinski definition) is 1. The number of fused-ring (bicyclic) bond motifs is 3. The number of para-hydroxylation sites is 1. The summed E-state index contributed by atoms with van der Waals surface area (Å²) in [6.07, 6.45) is 4.28. The van der Waals surface area contributed by atoms with Crippen molar-refractivity contribution in [3.63, 3.8) is 0 Å². The fourth-order valence-electron chi connectivity index (χ4n) is 2.69. The van der Waals surface area contributed by atoms with Crippen molar-refractivity contribution in [1.82, 2.24) is 14.5 Å². The van der Waals surface area contributed by atoms with Crippen LogP contribution in [0.15, 0.2) is 30.5 Å². The molecule has 0 aliphatic heterocycles. The third-order valence-corrected chi connectivity index (χ3v) is 3.62. The van der Waals surface area contributed by atoms with Crippen molar-refractivity contribution in [2.75, 3.05) is 0 Å². The number of benzene rings is 1. The molecule has 0 aliphatic rings. The number of imidazole rings is 1. The normalized spacial score (nSPS) is 13.2. The number of aliphatic hydroxyl groups is 1. The van der Waals surface area contributed by atoms with Crippen LogP contribution in [0.1, 0.15) is 38.7 Å². The van der Waals surface area contributed by atoms with Crippen LogP contribution in [0, 0.1) is 0 Å². The highest BCUT2D eigenvalue weighted by atomic mass is 16.3. The van der Waals surface area contributed by atoms with Gasteiger partial charge in [0.05, 0.1) is 17.2 Å². The summed E-state index contributed by atoms with van der Waals surface area (Å²) in [5.41, 5.74) is 2.77. The van der Waals surface area contributed by atoms with Gasteiger partial charge in [-0.2, -0.15) is 0 Å². The second-order valence-corrected chi connectivity index (χ2v) is 5.14. The van der Waals surface area contributed by atoms with Gasteiger partial charge in [-0.15, -0.1) is 0 Å². The van der Waals surface area contributed by atoms with Crippen LogP contribution < -0.4 is 0 Å². The number of aromatic nitrogens is 3. The molecule has 4 heteroatoms. The van der Waals surface area contributed by atoms with E-state index in [1.165, 1.54) is 0 Å². The van der Waals surface area contributed by atoms with Gasteiger partial charge in [-0.3, -0.25) is 4.98 Å². The molecule has 0 bridgehead atoms. The van der Waals surface area contributed by atoms with Crippen molar-refractivity contribution in [2.24, 2.45) is 0 Å². The minimum atomic E-state index is -0.585. The molecule has 0 fully saturated rings. The summed E-state index contributed by atoms with van der Waals surface area (Å²) in [6, 6.07) is 7.99. The minimum Gasteiger partial charge on any atom is -0.374 e. The number of pyridine rings is 1. The Morgan fingerprint density at radius 3 is 2.80 bits per heavy atom. The molecule has 0 saturated heterocycles. The molecule has 2 aromatic heterocycles. The summed E-state index contributed by atoms with van der Waals surface area (Å²) >= 11 is 0. The van der Waals surface area contributed by atoms with Gasteiger partial charge in [-0.05, 0) is 19.4 Å². The second kappa shape index (κ2) is 5.21. The molecule has 0 aliphatic carbocycles. The molecule has 0 spiro atoms. The highest BCUT2D eigenvalue weighted by molar-refractivity contribution is 6.02. The molecule has 1 N–H and O–H groups in total. The molecular weight excluding hydrogens is 250 g/mol. The quantitative estimate of drug-likeness (QED) is 0.789. The first-order valence-corrected chi connectivity index (χ1v) is 7.15. The number of rotatable bonds is 4. The number of aliphatic hydroxyl groups excluding tert-OH is 1. The Morgan fingerprint density at radius 1 is 1.25 bits per heavy atom. The lowest BCUT2D eigenvalue weighted by molar-refractivity contribution is 0.125. The predicted octanol–water partition coefficient (Wildman–Crippen LogP) is 3.44. The molecule has 1 atom stereocenters. The molecule has 2 heterocycles. The van der Waals surface area contributed by atoms with Crippen molar-refractivity contribution >= 4 is 21.9 Å². The van der Waals surface area contributed by atoms with E-state index in [0.717, 1.165) is 47.0 Å². The van der Waals surface area contributed by atoms with E-state index in [1.807, 2.05) is 28.8 Å². The molecule has 20 heavy (non-hydrogen) atoms. The number of aryl methyl sites for hydroxylation is 1. The first-order valence-electron chi connectivity index (χ1n) is 7.15. The molecule has 0 amide bonds. The summed E-state index contributed by atoms with van der Waals surface area (Å²) in [5.74, 6) is 0.940. The van der Waals surface area contributed by atoms with Gasteiger partial charge in [0.2, 0.25) is 0 Å². The Bertz CT molecular complexity index is 746. The third-order valence-electron chi connectivity index (χ3n) is 3.62. The lowest BCUT2D eigenvalue weighted by Gasteiger charge is -2.12. The summed E-state index contributed by atoms with van der Waals surface area (Å²) in [5, 5.41) is 11.2. The fraction of sp³-hybridized carbons (Fsp3) is 0.375. The Labute approximate surface area is 118 Å². The molecule has 3 aromatic rings. The van der Waals surface area contributed by atoms with Crippen LogP contribution >= 0.6 is 0 Å².